The Kier molecular flexibility index (Phi) is 15.8. The molecule has 210 valence electrons. The zero-order valence-electron chi connectivity index (χ0n) is 24.3. The molecule has 1 heterocycles. The van der Waals surface area contributed by atoms with Crippen LogP contribution in [0.4, 0.5) is 11.8 Å². The van der Waals surface area contributed by atoms with Gasteiger partial charge in [-0.3, -0.25) is 0 Å². The van der Waals surface area contributed by atoms with Gasteiger partial charge in [-0.2, -0.15) is 4.98 Å². The Balaban J connectivity index is 2.11. The summed E-state index contributed by atoms with van der Waals surface area (Å²) in [6, 6.07) is 4.01. The van der Waals surface area contributed by atoms with Gasteiger partial charge in [-0.25, -0.2) is 4.98 Å². The molecule has 0 aliphatic rings. The second-order valence-electron chi connectivity index (χ2n) is 10.3. The number of aromatic nitrogens is 2. The van der Waals surface area contributed by atoms with Crippen molar-refractivity contribution in [1.29, 1.82) is 0 Å². The highest BCUT2D eigenvalue weighted by molar-refractivity contribution is 5.92. The number of unbranched alkanes of at least 4 members (excludes halogenated alkanes) is 10. The van der Waals surface area contributed by atoms with Gasteiger partial charge in [0.05, 0.1) is 19.2 Å². The summed E-state index contributed by atoms with van der Waals surface area (Å²) in [5.41, 5.74) is 0.870. The zero-order valence-corrected chi connectivity index (χ0v) is 24.3. The number of hydrogen-bond acceptors (Lipinski definition) is 7. The highest BCUT2D eigenvalue weighted by Gasteiger charge is 2.14. The maximum atomic E-state index is 6.10. The van der Waals surface area contributed by atoms with Crippen molar-refractivity contribution in [1.82, 2.24) is 14.9 Å². The highest BCUT2D eigenvalue weighted by Crippen LogP contribution is 2.35. The number of rotatable bonds is 22. The average molecular weight is 516 g/mol. The molecule has 1 aromatic heterocycles. The standard InChI is InChI=1S/C30H53N5O2/c1-6-8-10-12-14-16-19-31-29-25-23-27(36-5)28(37-22-18-21-35(3)4)24-26(25)33-30(34-29)32-20-17-15-13-11-9-7-2/h23-24H,6-22H2,1-5H3,(H2,31,32,33,34). The van der Waals surface area contributed by atoms with Crippen LogP contribution in [0.5, 0.6) is 11.5 Å². The minimum atomic E-state index is 0.636. The van der Waals surface area contributed by atoms with Gasteiger partial charge in [-0.05, 0) is 39.4 Å². The molecule has 7 nitrogen and oxygen atoms in total. The van der Waals surface area contributed by atoms with Crippen LogP contribution in [0.2, 0.25) is 0 Å². The van der Waals surface area contributed by atoms with E-state index < -0.39 is 0 Å². The Hall–Kier alpha value is -2.28. The molecule has 0 amide bonds. The first-order valence-corrected chi connectivity index (χ1v) is 14.7. The first kappa shape index (κ1) is 30.9. The SMILES string of the molecule is CCCCCCCCNc1nc(NCCCCCCCC)c2cc(OC)c(OCCCN(C)C)cc2n1. The largest absolute Gasteiger partial charge is 0.493 e. The van der Waals surface area contributed by atoms with Gasteiger partial charge in [0.25, 0.3) is 0 Å². The lowest BCUT2D eigenvalue weighted by Gasteiger charge is -2.16. The quantitative estimate of drug-likeness (QED) is 0.157. The average Bonchev–Trinajstić information content (AvgIpc) is 2.89. The maximum absolute atomic E-state index is 6.10. The van der Waals surface area contributed by atoms with Crippen LogP contribution in [0, 0.1) is 0 Å². The molecule has 7 heteroatoms. The molecule has 0 unspecified atom stereocenters. The molecule has 0 bridgehead atoms. The van der Waals surface area contributed by atoms with Crippen LogP contribution < -0.4 is 20.1 Å². The Labute approximate surface area is 226 Å². The fraction of sp³-hybridized carbons (Fsp3) is 0.733. The topological polar surface area (TPSA) is 71.5 Å². The Bertz CT molecular complexity index is 875. The van der Waals surface area contributed by atoms with Crippen LogP contribution in [-0.4, -0.2) is 62.3 Å². The van der Waals surface area contributed by atoms with Crippen molar-refractivity contribution >= 4 is 22.7 Å². The minimum Gasteiger partial charge on any atom is -0.493 e. The van der Waals surface area contributed by atoms with Gasteiger partial charge in [0.15, 0.2) is 11.5 Å². The van der Waals surface area contributed by atoms with E-state index >= 15 is 0 Å². The number of nitrogens with zero attached hydrogens (tertiary/aromatic N) is 3. The molecule has 0 saturated heterocycles. The molecule has 0 saturated carbocycles. The monoisotopic (exact) mass is 515 g/mol. The number of anilines is 2. The number of benzene rings is 1. The number of ether oxygens (including phenoxy) is 2. The van der Waals surface area contributed by atoms with E-state index in [1.165, 1.54) is 64.2 Å². The summed E-state index contributed by atoms with van der Waals surface area (Å²) < 4.78 is 11.8. The fourth-order valence-corrected chi connectivity index (χ4v) is 4.40. The lowest BCUT2D eigenvalue weighted by molar-refractivity contribution is 0.268. The van der Waals surface area contributed by atoms with Crippen LogP contribution in [0.1, 0.15) is 97.3 Å². The molecule has 0 radical (unpaired) electrons. The normalized spacial score (nSPS) is 11.3. The third-order valence-electron chi connectivity index (χ3n) is 6.62. The zero-order chi connectivity index (χ0) is 26.7. The summed E-state index contributed by atoms with van der Waals surface area (Å²) >= 11 is 0. The molecular weight excluding hydrogens is 462 g/mol. The number of methoxy groups -OCH3 is 1. The third-order valence-corrected chi connectivity index (χ3v) is 6.62. The fourth-order valence-electron chi connectivity index (χ4n) is 4.40. The van der Waals surface area contributed by atoms with E-state index in [4.69, 9.17) is 19.4 Å². The van der Waals surface area contributed by atoms with E-state index in [0.717, 1.165) is 67.1 Å². The summed E-state index contributed by atoms with van der Waals surface area (Å²) in [5, 5.41) is 8.02. The maximum Gasteiger partial charge on any atom is 0.225 e. The molecule has 0 aliphatic carbocycles. The van der Waals surface area contributed by atoms with Gasteiger partial charge < -0.3 is 25.0 Å². The molecule has 2 N–H and O–H groups in total. The Morgan fingerprint density at radius 1 is 0.730 bits per heavy atom. The first-order valence-electron chi connectivity index (χ1n) is 14.7. The second-order valence-corrected chi connectivity index (χ2v) is 10.3. The van der Waals surface area contributed by atoms with E-state index in [1.54, 1.807) is 7.11 Å². The molecule has 0 spiro atoms. The molecule has 0 aliphatic heterocycles. The second kappa shape index (κ2) is 18.9. The van der Waals surface area contributed by atoms with Crippen LogP contribution in [0.25, 0.3) is 10.9 Å². The van der Waals surface area contributed by atoms with Crippen LogP contribution in [-0.2, 0) is 0 Å². The summed E-state index contributed by atoms with van der Waals surface area (Å²) in [7, 11) is 5.84. The van der Waals surface area contributed by atoms with Crippen molar-refractivity contribution in [3.05, 3.63) is 12.1 Å². The third kappa shape index (κ3) is 12.2. The van der Waals surface area contributed by atoms with Crippen molar-refractivity contribution < 1.29 is 9.47 Å². The predicted molar refractivity (Wildman–Crippen MR) is 158 cm³/mol. The first-order chi connectivity index (χ1) is 18.1. The molecule has 1 aromatic carbocycles. The van der Waals surface area contributed by atoms with E-state index in [9.17, 15) is 0 Å². The predicted octanol–water partition coefficient (Wildman–Crippen LogP) is 7.51. The number of nitrogens with one attached hydrogen (secondary N) is 2. The van der Waals surface area contributed by atoms with Gasteiger partial charge >= 0.3 is 0 Å². The van der Waals surface area contributed by atoms with Crippen LogP contribution in [0.15, 0.2) is 12.1 Å². The van der Waals surface area contributed by atoms with Crippen molar-refractivity contribution in [3.8, 4) is 11.5 Å². The van der Waals surface area contributed by atoms with Gasteiger partial charge in [-0.15, -0.1) is 0 Å². The highest BCUT2D eigenvalue weighted by atomic mass is 16.5. The van der Waals surface area contributed by atoms with Crippen molar-refractivity contribution in [2.24, 2.45) is 0 Å². The van der Waals surface area contributed by atoms with Crippen molar-refractivity contribution in [2.75, 3.05) is 58.1 Å². The summed E-state index contributed by atoms with van der Waals surface area (Å²) in [6.45, 7) is 7.92. The Morgan fingerprint density at radius 3 is 1.97 bits per heavy atom. The van der Waals surface area contributed by atoms with Gasteiger partial charge in [-0.1, -0.05) is 78.1 Å². The molecule has 0 fully saturated rings. The molecule has 37 heavy (non-hydrogen) atoms. The van der Waals surface area contributed by atoms with E-state index in [0.29, 0.717) is 12.6 Å². The van der Waals surface area contributed by atoms with E-state index in [-0.39, 0.29) is 0 Å². The Morgan fingerprint density at radius 2 is 1.35 bits per heavy atom. The minimum absolute atomic E-state index is 0.636. The molecule has 0 atom stereocenters. The molecule has 2 aromatic rings. The molecule has 2 rings (SSSR count). The lowest BCUT2D eigenvalue weighted by atomic mass is 10.1. The number of fused-ring (bicyclic) bond motifs is 1. The van der Waals surface area contributed by atoms with Crippen LogP contribution >= 0.6 is 0 Å². The van der Waals surface area contributed by atoms with Gasteiger partial charge in [0, 0.05) is 31.1 Å². The van der Waals surface area contributed by atoms with Crippen LogP contribution in [0.3, 0.4) is 0 Å². The van der Waals surface area contributed by atoms with E-state index in [1.807, 2.05) is 12.1 Å². The summed E-state index contributed by atoms with van der Waals surface area (Å²) in [5.74, 6) is 2.99. The van der Waals surface area contributed by atoms with Crippen molar-refractivity contribution in [3.63, 3.8) is 0 Å². The van der Waals surface area contributed by atoms with Crippen molar-refractivity contribution in [2.45, 2.75) is 97.3 Å². The molecular formula is C30H53N5O2. The summed E-state index contributed by atoms with van der Waals surface area (Å²) in [6.07, 6.45) is 16.2. The van der Waals surface area contributed by atoms with Gasteiger partial charge in [0.2, 0.25) is 5.95 Å². The smallest absolute Gasteiger partial charge is 0.225 e. The van der Waals surface area contributed by atoms with E-state index in [2.05, 4.69) is 43.5 Å². The number of hydrogen-bond donors (Lipinski definition) is 2. The lowest BCUT2D eigenvalue weighted by Crippen LogP contribution is -2.15. The summed E-state index contributed by atoms with van der Waals surface area (Å²) in [4.78, 5) is 11.9. The van der Waals surface area contributed by atoms with Gasteiger partial charge in [0.1, 0.15) is 5.82 Å².